The third-order valence-corrected chi connectivity index (χ3v) is 4.25. The molecule has 3 heterocycles. The molecule has 0 unspecified atom stereocenters. The van der Waals surface area contributed by atoms with Crippen LogP contribution in [0.25, 0.3) is 0 Å². The number of nitrogens with zero attached hydrogens (tertiary/aromatic N) is 3. The van der Waals surface area contributed by atoms with Crippen LogP contribution in [-0.4, -0.2) is 46.7 Å². The molecule has 21 heavy (non-hydrogen) atoms. The molecule has 2 saturated heterocycles. The van der Waals surface area contributed by atoms with Crippen molar-refractivity contribution in [3.05, 3.63) is 11.7 Å². The van der Waals surface area contributed by atoms with Crippen molar-refractivity contribution in [1.29, 1.82) is 0 Å². The lowest BCUT2D eigenvalue weighted by molar-refractivity contribution is -0.142. The fourth-order valence-electron chi connectivity index (χ4n) is 3.01. The van der Waals surface area contributed by atoms with E-state index in [9.17, 15) is 4.79 Å². The number of rotatable bonds is 3. The molecule has 1 amide bonds. The second-order valence-corrected chi connectivity index (χ2v) is 6.27. The average Bonchev–Trinajstić information content (AvgIpc) is 3.18. The van der Waals surface area contributed by atoms with E-state index in [4.69, 9.17) is 9.26 Å². The summed E-state index contributed by atoms with van der Waals surface area (Å²) in [5, 5.41) is 4.10. The highest BCUT2D eigenvalue weighted by Gasteiger charge is 2.33. The van der Waals surface area contributed by atoms with E-state index in [-0.39, 0.29) is 23.8 Å². The van der Waals surface area contributed by atoms with Gasteiger partial charge in [-0.3, -0.25) is 4.79 Å². The maximum atomic E-state index is 12.4. The van der Waals surface area contributed by atoms with Crippen LogP contribution in [0.15, 0.2) is 4.52 Å². The molecule has 0 spiro atoms. The van der Waals surface area contributed by atoms with Crippen molar-refractivity contribution in [3.63, 3.8) is 0 Å². The topological polar surface area (TPSA) is 68.5 Å². The predicted molar refractivity (Wildman–Crippen MR) is 75.9 cm³/mol. The van der Waals surface area contributed by atoms with Gasteiger partial charge >= 0.3 is 0 Å². The highest BCUT2D eigenvalue weighted by atomic mass is 16.5. The molecule has 1 aromatic heterocycles. The summed E-state index contributed by atoms with van der Waals surface area (Å²) in [6.07, 6.45) is 3.58. The fourth-order valence-corrected chi connectivity index (χ4v) is 3.01. The van der Waals surface area contributed by atoms with E-state index in [0.717, 1.165) is 38.1 Å². The number of hydrogen-bond donors (Lipinski definition) is 0. The molecular formula is C15H23N3O3. The molecule has 0 aliphatic carbocycles. The van der Waals surface area contributed by atoms with Crippen molar-refractivity contribution in [1.82, 2.24) is 15.0 Å². The number of hydrogen-bond acceptors (Lipinski definition) is 5. The van der Waals surface area contributed by atoms with Crippen molar-refractivity contribution in [3.8, 4) is 0 Å². The van der Waals surface area contributed by atoms with E-state index in [0.29, 0.717) is 19.0 Å². The van der Waals surface area contributed by atoms with Gasteiger partial charge in [0.05, 0.1) is 0 Å². The fraction of sp³-hybridized carbons (Fsp3) is 0.800. The lowest BCUT2D eigenvalue weighted by Gasteiger charge is -2.32. The molecule has 6 heteroatoms. The van der Waals surface area contributed by atoms with E-state index >= 15 is 0 Å². The van der Waals surface area contributed by atoms with Gasteiger partial charge in [-0.1, -0.05) is 19.0 Å². The highest BCUT2D eigenvalue weighted by Crippen LogP contribution is 2.27. The summed E-state index contributed by atoms with van der Waals surface area (Å²) in [6.45, 7) is 6.26. The molecule has 116 valence electrons. The maximum absolute atomic E-state index is 12.4. The second kappa shape index (κ2) is 6.13. The van der Waals surface area contributed by atoms with Gasteiger partial charge in [-0.2, -0.15) is 4.98 Å². The van der Waals surface area contributed by atoms with Crippen molar-refractivity contribution >= 4 is 5.91 Å². The minimum absolute atomic E-state index is 0.129. The largest absolute Gasteiger partial charge is 0.368 e. The molecule has 6 nitrogen and oxygen atoms in total. The Morgan fingerprint density at radius 1 is 1.33 bits per heavy atom. The summed E-state index contributed by atoms with van der Waals surface area (Å²) in [5.74, 6) is 1.96. The molecule has 0 aromatic carbocycles. The molecule has 2 aliphatic heterocycles. The van der Waals surface area contributed by atoms with E-state index < -0.39 is 0 Å². The van der Waals surface area contributed by atoms with Gasteiger partial charge in [-0.05, 0) is 25.7 Å². The SMILES string of the molecule is CC(C)c1nc([C@@H]2CCCN(C(=O)[C@H]3CCCO3)C2)no1. The molecule has 0 saturated carbocycles. The Hall–Kier alpha value is -1.43. The molecule has 0 radical (unpaired) electrons. The second-order valence-electron chi connectivity index (χ2n) is 6.27. The summed E-state index contributed by atoms with van der Waals surface area (Å²) < 4.78 is 10.8. The first kappa shape index (κ1) is 14.5. The van der Waals surface area contributed by atoms with Gasteiger partial charge in [-0.15, -0.1) is 0 Å². The number of likely N-dealkylation sites (tertiary alicyclic amines) is 1. The number of carbonyl (C=O) groups is 1. The quantitative estimate of drug-likeness (QED) is 0.853. The Bertz CT molecular complexity index is 494. The summed E-state index contributed by atoms with van der Waals surface area (Å²) in [7, 11) is 0. The maximum Gasteiger partial charge on any atom is 0.251 e. The zero-order chi connectivity index (χ0) is 14.8. The van der Waals surface area contributed by atoms with Crippen LogP contribution in [0.4, 0.5) is 0 Å². The normalized spacial score (nSPS) is 26.5. The van der Waals surface area contributed by atoms with Crippen molar-refractivity contribution in [2.45, 2.75) is 57.5 Å². The van der Waals surface area contributed by atoms with E-state index in [1.165, 1.54) is 0 Å². The van der Waals surface area contributed by atoms with E-state index in [2.05, 4.69) is 10.1 Å². The first-order valence-electron chi connectivity index (χ1n) is 7.89. The van der Waals surface area contributed by atoms with Crippen molar-refractivity contribution in [2.24, 2.45) is 0 Å². The number of carbonyl (C=O) groups excluding carboxylic acids is 1. The molecule has 2 aliphatic rings. The van der Waals surface area contributed by atoms with Gasteiger partial charge in [0.2, 0.25) is 5.89 Å². The minimum atomic E-state index is -0.236. The zero-order valence-electron chi connectivity index (χ0n) is 12.7. The minimum Gasteiger partial charge on any atom is -0.368 e. The summed E-state index contributed by atoms with van der Waals surface area (Å²) in [4.78, 5) is 18.8. The van der Waals surface area contributed by atoms with Crippen LogP contribution in [0.2, 0.25) is 0 Å². The Labute approximate surface area is 124 Å². The molecule has 2 atom stereocenters. The van der Waals surface area contributed by atoms with Crippen LogP contribution < -0.4 is 0 Å². The molecule has 1 aromatic rings. The number of aromatic nitrogens is 2. The third kappa shape index (κ3) is 3.10. The van der Waals surface area contributed by atoms with Crippen LogP contribution in [-0.2, 0) is 9.53 Å². The lowest BCUT2D eigenvalue weighted by Crippen LogP contribution is -2.44. The number of ether oxygens (including phenoxy) is 1. The van der Waals surface area contributed by atoms with Crippen LogP contribution in [0.3, 0.4) is 0 Å². The number of amides is 1. The van der Waals surface area contributed by atoms with Gasteiger partial charge in [-0.25, -0.2) is 0 Å². The molecular weight excluding hydrogens is 270 g/mol. The Morgan fingerprint density at radius 2 is 2.19 bits per heavy atom. The Kier molecular flexibility index (Phi) is 4.24. The van der Waals surface area contributed by atoms with Crippen molar-refractivity contribution < 1.29 is 14.1 Å². The van der Waals surface area contributed by atoms with Crippen LogP contribution in [0.1, 0.15) is 63.1 Å². The number of piperidine rings is 1. The van der Waals surface area contributed by atoms with Crippen molar-refractivity contribution in [2.75, 3.05) is 19.7 Å². The Morgan fingerprint density at radius 3 is 2.86 bits per heavy atom. The van der Waals surface area contributed by atoms with Crippen LogP contribution in [0, 0.1) is 0 Å². The lowest BCUT2D eigenvalue weighted by atomic mass is 9.96. The van der Waals surface area contributed by atoms with Gasteiger partial charge in [0.15, 0.2) is 5.82 Å². The molecule has 0 bridgehead atoms. The summed E-state index contributed by atoms with van der Waals surface area (Å²) >= 11 is 0. The van der Waals surface area contributed by atoms with Gasteiger partial charge in [0.25, 0.3) is 5.91 Å². The zero-order valence-corrected chi connectivity index (χ0v) is 12.7. The molecule has 3 rings (SSSR count). The molecule has 0 N–H and O–H groups in total. The van der Waals surface area contributed by atoms with Crippen LogP contribution in [0.5, 0.6) is 0 Å². The van der Waals surface area contributed by atoms with Gasteiger partial charge in [0.1, 0.15) is 6.10 Å². The highest BCUT2D eigenvalue weighted by molar-refractivity contribution is 5.81. The Balaban J connectivity index is 1.65. The first-order chi connectivity index (χ1) is 10.1. The average molecular weight is 293 g/mol. The standard InChI is InChI=1S/C15H23N3O3/c1-10(2)14-16-13(17-21-14)11-5-3-7-18(9-11)15(19)12-6-4-8-20-12/h10-12H,3-9H2,1-2H3/t11-,12-/m1/s1. The predicted octanol–water partition coefficient (Wildman–Crippen LogP) is 2.08. The van der Waals surface area contributed by atoms with Gasteiger partial charge in [0, 0.05) is 31.5 Å². The van der Waals surface area contributed by atoms with Gasteiger partial charge < -0.3 is 14.2 Å². The summed E-state index contributed by atoms with van der Waals surface area (Å²) in [6, 6.07) is 0. The first-order valence-corrected chi connectivity index (χ1v) is 7.89. The third-order valence-electron chi connectivity index (χ3n) is 4.25. The van der Waals surface area contributed by atoms with E-state index in [1.54, 1.807) is 0 Å². The smallest absolute Gasteiger partial charge is 0.251 e. The van der Waals surface area contributed by atoms with Crippen LogP contribution >= 0.6 is 0 Å². The monoisotopic (exact) mass is 293 g/mol. The van der Waals surface area contributed by atoms with E-state index in [1.807, 2.05) is 18.7 Å². The molecule has 2 fully saturated rings. The summed E-state index contributed by atoms with van der Waals surface area (Å²) in [5.41, 5.74) is 0.